The van der Waals surface area contributed by atoms with Crippen LogP contribution in [-0.4, -0.2) is 49.2 Å². The van der Waals surface area contributed by atoms with Crippen LogP contribution in [0.5, 0.6) is 0 Å². The van der Waals surface area contributed by atoms with Crippen LogP contribution in [0.4, 0.5) is 5.69 Å². The Balaban J connectivity index is 1.17. The van der Waals surface area contributed by atoms with Gasteiger partial charge in [-0.1, -0.05) is 11.6 Å². The van der Waals surface area contributed by atoms with Crippen LogP contribution in [0.25, 0.3) is 10.9 Å². The molecule has 0 bridgehead atoms. The molecule has 0 radical (unpaired) electrons. The molecule has 35 heavy (non-hydrogen) atoms. The summed E-state index contributed by atoms with van der Waals surface area (Å²) in [7, 11) is 1.73. The zero-order valence-corrected chi connectivity index (χ0v) is 21.9. The number of methoxy groups -OCH3 is 1. The Morgan fingerprint density at radius 1 is 1.14 bits per heavy atom. The summed E-state index contributed by atoms with van der Waals surface area (Å²) >= 11 is 6.41. The number of furan rings is 1. The lowest BCUT2D eigenvalue weighted by Crippen LogP contribution is -2.51. The van der Waals surface area contributed by atoms with E-state index in [-0.39, 0.29) is 0 Å². The highest BCUT2D eigenvalue weighted by molar-refractivity contribution is 6.35. The SMILES string of the molecule is C/C=C(\Cc1occ(C2CCC(N3CCN(c4ccc(Cl)c5cccnc45)CC3)CC2)c1C)OC. The molecule has 0 amide bonds. The minimum absolute atomic E-state index is 0.605. The second-order valence-corrected chi connectivity index (χ2v) is 10.3. The molecule has 3 aromatic rings. The average Bonchev–Trinajstić information content (AvgIpc) is 3.27. The Kier molecular flexibility index (Phi) is 7.35. The van der Waals surface area contributed by atoms with Gasteiger partial charge < -0.3 is 14.1 Å². The molecule has 1 saturated heterocycles. The molecule has 5 rings (SSSR count). The number of halogens is 1. The molecule has 5 nitrogen and oxygen atoms in total. The lowest BCUT2D eigenvalue weighted by molar-refractivity contribution is 0.141. The van der Waals surface area contributed by atoms with E-state index in [2.05, 4.69) is 33.8 Å². The van der Waals surface area contributed by atoms with Crippen molar-refractivity contribution in [2.24, 2.45) is 0 Å². The number of aromatic nitrogens is 1. The van der Waals surface area contributed by atoms with E-state index in [1.807, 2.05) is 37.6 Å². The van der Waals surface area contributed by atoms with Gasteiger partial charge in [-0.3, -0.25) is 9.88 Å². The Bertz CT molecular complexity index is 1190. The number of benzene rings is 1. The Labute approximate surface area is 213 Å². The maximum atomic E-state index is 6.41. The van der Waals surface area contributed by atoms with Crippen LogP contribution in [-0.2, 0) is 11.2 Å². The first-order valence-corrected chi connectivity index (χ1v) is 13.2. The molecule has 1 aliphatic carbocycles. The van der Waals surface area contributed by atoms with Crippen LogP contribution in [0.3, 0.4) is 0 Å². The van der Waals surface area contributed by atoms with Gasteiger partial charge in [0.1, 0.15) is 5.76 Å². The topological polar surface area (TPSA) is 41.7 Å². The highest BCUT2D eigenvalue weighted by Gasteiger charge is 2.31. The lowest BCUT2D eigenvalue weighted by Gasteiger charge is -2.42. The fourth-order valence-electron chi connectivity index (χ4n) is 5.96. The lowest BCUT2D eigenvalue weighted by atomic mass is 9.80. The van der Waals surface area contributed by atoms with Gasteiger partial charge in [-0.2, -0.15) is 0 Å². The molecule has 3 heterocycles. The molecule has 6 heteroatoms. The molecule has 2 fully saturated rings. The first kappa shape index (κ1) is 24.2. The minimum Gasteiger partial charge on any atom is -0.501 e. The van der Waals surface area contributed by atoms with Crippen molar-refractivity contribution in [1.29, 1.82) is 0 Å². The molecule has 0 unspecified atom stereocenters. The third kappa shape index (κ3) is 4.94. The summed E-state index contributed by atoms with van der Waals surface area (Å²) in [6, 6.07) is 8.84. The molecule has 2 aromatic heterocycles. The summed E-state index contributed by atoms with van der Waals surface area (Å²) in [6.07, 6.45) is 11.6. The summed E-state index contributed by atoms with van der Waals surface area (Å²) in [6.45, 7) is 8.48. The van der Waals surface area contributed by atoms with Gasteiger partial charge in [0, 0.05) is 43.8 Å². The zero-order chi connectivity index (χ0) is 24.4. The van der Waals surface area contributed by atoms with E-state index in [0.29, 0.717) is 12.0 Å². The highest BCUT2D eigenvalue weighted by Crippen LogP contribution is 2.39. The third-order valence-electron chi connectivity index (χ3n) is 8.10. The van der Waals surface area contributed by atoms with Crippen LogP contribution in [0.15, 0.2) is 53.0 Å². The normalized spacial score (nSPS) is 22.1. The second-order valence-electron chi connectivity index (χ2n) is 9.87. The molecule has 0 spiro atoms. The van der Waals surface area contributed by atoms with E-state index < -0.39 is 0 Å². The highest BCUT2D eigenvalue weighted by atomic mass is 35.5. The first-order valence-electron chi connectivity index (χ1n) is 12.9. The zero-order valence-electron chi connectivity index (χ0n) is 21.1. The maximum Gasteiger partial charge on any atom is 0.114 e. The molecule has 0 N–H and O–H groups in total. The number of rotatable bonds is 6. The molecule has 1 aliphatic heterocycles. The maximum absolute atomic E-state index is 6.41. The Morgan fingerprint density at radius 2 is 1.91 bits per heavy atom. The molecule has 0 atom stereocenters. The van der Waals surface area contributed by atoms with Crippen molar-refractivity contribution in [1.82, 2.24) is 9.88 Å². The van der Waals surface area contributed by atoms with Gasteiger partial charge in [-0.05, 0) is 86.9 Å². The number of allylic oxidation sites excluding steroid dienone is 2. The predicted molar refractivity (Wildman–Crippen MR) is 143 cm³/mol. The summed E-state index contributed by atoms with van der Waals surface area (Å²) in [5.41, 5.74) is 4.92. The van der Waals surface area contributed by atoms with Gasteiger partial charge in [0.05, 0.1) is 41.8 Å². The van der Waals surface area contributed by atoms with Crippen LogP contribution in [0.2, 0.25) is 5.02 Å². The van der Waals surface area contributed by atoms with Crippen molar-refractivity contribution in [3.8, 4) is 0 Å². The van der Waals surface area contributed by atoms with Gasteiger partial charge in [0.15, 0.2) is 0 Å². The van der Waals surface area contributed by atoms with Gasteiger partial charge in [0.2, 0.25) is 0 Å². The number of fused-ring (bicyclic) bond motifs is 1. The van der Waals surface area contributed by atoms with E-state index >= 15 is 0 Å². The van der Waals surface area contributed by atoms with Crippen LogP contribution in [0.1, 0.15) is 55.4 Å². The van der Waals surface area contributed by atoms with Crippen molar-refractivity contribution in [2.75, 3.05) is 38.2 Å². The second kappa shape index (κ2) is 10.6. The molecule has 186 valence electrons. The minimum atomic E-state index is 0.605. The van der Waals surface area contributed by atoms with Crippen molar-refractivity contribution in [3.63, 3.8) is 0 Å². The number of nitrogens with zero attached hydrogens (tertiary/aromatic N) is 3. The van der Waals surface area contributed by atoms with E-state index in [4.69, 9.17) is 20.8 Å². The summed E-state index contributed by atoms with van der Waals surface area (Å²) in [5.74, 6) is 2.60. The van der Waals surface area contributed by atoms with Crippen molar-refractivity contribution in [2.45, 2.75) is 57.9 Å². The standard InChI is InChI=1S/C29H36ClN3O2/c1-4-23(34-3)18-28-20(2)25(19-35-28)21-7-9-22(10-8-21)32-14-16-33(17-15-32)27-12-11-26(30)24-6-5-13-31-29(24)27/h4-6,11-13,19,21-22H,7-10,14-18H2,1-3H3/b23-4+. The number of pyridine rings is 1. The third-order valence-corrected chi connectivity index (χ3v) is 8.43. The van der Waals surface area contributed by atoms with Crippen LogP contribution >= 0.6 is 11.6 Å². The number of piperazine rings is 1. The number of hydrogen-bond acceptors (Lipinski definition) is 5. The average molecular weight is 494 g/mol. The van der Waals surface area contributed by atoms with Crippen LogP contribution in [0, 0.1) is 6.92 Å². The summed E-state index contributed by atoms with van der Waals surface area (Å²) in [5, 5.41) is 1.81. The molecule has 1 aromatic carbocycles. The van der Waals surface area contributed by atoms with E-state index in [1.54, 1.807) is 7.11 Å². The van der Waals surface area contributed by atoms with Gasteiger partial charge in [-0.25, -0.2) is 0 Å². The monoisotopic (exact) mass is 493 g/mol. The molecule has 2 aliphatic rings. The Hall–Kier alpha value is -2.50. The molecule has 1 saturated carbocycles. The number of ether oxygens (including phenoxy) is 1. The predicted octanol–water partition coefficient (Wildman–Crippen LogP) is 6.73. The quantitative estimate of drug-likeness (QED) is 0.356. The van der Waals surface area contributed by atoms with Gasteiger partial charge in [-0.15, -0.1) is 0 Å². The van der Waals surface area contributed by atoms with E-state index in [1.165, 1.54) is 42.5 Å². The van der Waals surface area contributed by atoms with E-state index in [0.717, 1.165) is 60.0 Å². The smallest absolute Gasteiger partial charge is 0.114 e. The van der Waals surface area contributed by atoms with E-state index in [9.17, 15) is 0 Å². The van der Waals surface area contributed by atoms with Crippen molar-refractivity contribution >= 4 is 28.2 Å². The Morgan fingerprint density at radius 3 is 2.63 bits per heavy atom. The number of hydrogen-bond donors (Lipinski definition) is 0. The first-order chi connectivity index (χ1) is 17.1. The molecular weight excluding hydrogens is 458 g/mol. The van der Waals surface area contributed by atoms with Gasteiger partial charge >= 0.3 is 0 Å². The van der Waals surface area contributed by atoms with Gasteiger partial charge in [0.25, 0.3) is 0 Å². The fraction of sp³-hybridized carbons (Fsp3) is 0.483. The number of anilines is 1. The van der Waals surface area contributed by atoms with Crippen molar-refractivity contribution in [3.05, 3.63) is 70.5 Å². The van der Waals surface area contributed by atoms with Crippen molar-refractivity contribution < 1.29 is 9.15 Å². The largest absolute Gasteiger partial charge is 0.501 e. The molecular formula is C29H36ClN3O2. The summed E-state index contributed by atoms with van der Waals surface area (Å²) in [4.78, 5) is 9.83. The summed E-state index contributed by atoms with van der Waals surface area (Å²) < 4.78 is 11.4. The fourth-order valence-corrected chi connectivity index (χ4v) is 6.17. The van der Waals surface area contributed by atoms with Crippen LogP contribution < -0.4 is 4.90 Å².